The van der Waals surface area contributed by atoms with Crippen molar-refractivity contribution >= 4 is 58.4 Å². The zero-order valence-corrected chi connectivity index (χ0v) is 34.8. The van der Waals surface area contributed by atoms with Crippen molar-refractivity contribution in [3.8, 4) is 11.1 Å². The number of carboxylic acid groups (broad SMARTS) is 1. The van der Waals surface area contributed by atoms with Crippen LogP contribution in [0.1, 0.15) is 41.3 Å². The van der Waals surface area contributed by atoms with E-state index >= 15 is 0 Å². The number of benzene rings is 4. The lowest BCUT2D eigenvalue weighted by Gasteiger charge is -2.27. The van der Waals surface area contributed by atoms with Crippen molar-refractivity contribution in [3.63, 3.8) is 0 Å². The van der Waals surface area contributed by atoms with Crippen LogP contribution in [0.15, 0.2) is 127 Å². The van der Waals surface area contributed by atoms with Crippen molar-refractivity contribution < 1.29 is 38.7 Å². The summed E-state index contributed by atoms with van der Waals surface area (Å²) in [5, 5.41) is 28.2. The molecule has 5 aromatic rings. The number of hydrogen-bond acceptors (Lipinski definition) is 8. The minimum Gasteiger partial charge on any atom is -0.480 e. The summed E-state index contributed by atoms with van der Waals surface area (Å²) in [6.07, 6.45) is -0.248. The number of carboxylic acids is 1. The molecule has 14 nitrogen and oxygen atoms in total. The molecule has 4 aromatic carbocycles. The Bertz CT molecular complexity index is 2340. The number of hydrogen-bond donors (Lipinski definition) is 7. The number of carbonyl (C=O) groups is 7. The van der Waals surface area contributed by atoms with E-state index in [0.29, 0.717) is 22.4 Å². The lowest BCUT2D eigenvalue weighted by Crippen LogP contribution is -2.59. The fourth-order valence-corrected chi connectivity index (χ4v) is 7.82. The van der Waals surface area contributed by atoms with E-state index in [-0.39, 0.29) is 32.1 Å². The Hall–Kier alpha value is -7.13. The standard InChI is InChI=1S/C47H48N6O8S/c1-29(54)48-41-28-42(55)50-40(27-36-13-8-24-62-36)46(59)53-39(26-32-14-19-34(20-15-32)33-11-6-3-7-12-33)45(58)52-38(25-31-9-4-2-5-10-31)44(57)51-37(47(60)61)23-18-30-16-21-35(22-17-30)49-43(41)56/h2-17,19-22,24,37-41H,18,23,25-28H2,1H3,(H,48,54)(H,49,56)(H,50,55)(H,51,57)(H,52,58)(H,53,59)(H,60,61). The highest BCUT2D eigenvalue weighted by Crippen LogP contribution is 2.21. The molecule has 7 rings (SSSR count). The topological polar surface area (TPSA) is 212 Å². The van der Waals surface area contributed by atoms with Gasteiger partial charge in [-0.2, -0.15) is 0 Å². The third-order valence-corrected chi connectivity index (χ3v) is 11.2. The van der Waals surface area contributed by atoms with Gasteiger partial charge in [-0.25, -0.2) is 4.79 Å². The third-order valence-electron chi connectivity index (χ3n) is 10.3. The Morgan fingerprint density at radius 1 is 0.629 bits per heavy atom. The molecule has 0 radical (unpaired) electrons. The number of thiophene rings is 1. The minimum absolute atomic E-state index is 0.00177. The van der Waals surface area contributed by atoms with Crippen LogP contribution in [0.2, 0.25) is 0 Å². The van der Waals surface area contributed by atoms with Gasteiger partial charge < -0.3 is 37.0 Å². The van der Waals surface area contributed by atoms with Gasteiger partial charge in [-0.15, -0.1) is 11.3 Å². The van der Waals surface area contributed by atoms with Crippen LogP contribution in [0, 0.1) is 0 Å². The van der Waals surface area contributed by atoms with Crippen LogP contribution in [0.4, 0.5) is 5.69 Å². The molecule has 1 aromatic heterocycles. The molecule has 7 N–H and O–H groups in total. The van der Waals surface area contributed by atoms with E-state index in [1.807, 2.05) is 60.0 Å². The molecule has 0 aliphatic carbocycles. The number of rotatable bonds is 9. The first-order valence-corrected chi connectivity index (χ1v) is 21.1. The summed E-state index contributed by atoms with van der Waals surface area (Å²) in [7, 11) is 0. The molecule has 5 atom stereocenters. The Morgan fingerprint density at radius 2 is 1.19 bits per heavy atom. The molecular weight excluding hydrogens is 809 g/mol. The molecule has 0 fully saturated rings. The van der Waals surface area contributed by atoms with E-state index in [2.05, 4.69) is 31.9 Å². The molecule has 2 aliphatic heterocycles. The summed E-state index contributed by atoms with van der Waals surface area (Å²) < 4.78 is 0. The Kier molecular flexibility index (Phi) is 15.3. The van der Waals surface area contributed by atoms with Gasteiger partial charge >= 0.3 is 5.97 Å². The first kappa shape index (κ1) is 44.4. The second-order valence-corrected chi connectivity index (χ2v) is 16.1. The van der Waals surface area contributed by atoms with Gasteiger partial charge in [0, 0.05) is 36.8 Å². The molecule has 3 heterocycles. The largest absolute Gasteiger partial charge is 0.480 e. The number of carbonyl (C=O) groups excluding carboxylic acids is 6. The predicted octanol–water partition coefficient (Wildman–Crippen LogP) is 3.95. The zero-order chi connectivity index (χ0) is 44.0. The Morgan fingerprint density at radius 3 is 1.77 bits per heavy atom. The second-order valence-electron chi connectivity index (χ2n) is 15.1. The molecule has 6 amide bonds. The van der Waals surface area contributed by atoms with Gasteiger partial charge in [0.25, 0.3) is 0 Å². The van der Waals surface area contributed by atoms with E-state index in [1.54, 1.807) is 66.7 Å². The predicted molar refractivity (Wildman–Crippen MR) is 235 cm³/mol. The van der Waals surface area contributed by atoms with Crippen LogP contribution in [-0.4, -0.2) is 76.7 Å². The molecule has 2 aliphatic rings. The molecule has 15 heteroatoms. The molecule has 5 unspecified atom stereocenters. The van der Waals surface area contributed by atoms with Crippen LogP contribution in [0.3, 0.4) is 0 Å². The summed E-state index contributed by atoms with van der Waals surface area (Å²) >= 11 is 1.36. The highest BCUT2D eigenvalue weighted by molar-refractivity contribution is 7.09. The molecule has 320 valence electrons. The maximum absolute atomic E-state index is 14.5. The first-order chi connectivity index (χ1) is 29.9. The summed E-state index contributed by atoms with van der Waals surface area (Å²) in [5.74, 6) is -5.39. The quantitative estimate of drug-likeness (QED) is 0.108. The average molecular weight is 857 g/mol. The number of fused-ring (bicyclic) bond motifs is 19. The second kappa shape index (κ2) is 21.4. The smallest absolute Gasteiger partial charge is 0.326 e. The van der Waals surface area contributed by atoms with Gasteiger partial charge in [0.1, 0.15) is 30.2 Å². The van der Waals surface area contributed by atoms with Crippen LogP contribution in [0.5, 0.6) is 0 Å². The average Bonchev–Trinajstić information content (AvgIpc) is 3.78. The fourth-order valence-electron chi connectivity index (χ4n) is 7.07. The fraction of sp³-hybridized carbons (Fsp3) is 0.255. The first-order valence-electron chi connectivity index (χ1n) is 20.2. The van der Waals surface area contributed by atoms with Gasteiger partial charge in [0.2, 0.25) is 35.4 Å². The van der Waals surface area contributed by atoms with Gasteiger partial charge in [-0.3, -0.25) is 28.8 Å². The lowest BCUT2D eigenvalue weighted by molar-refractivity contribution is -0.142. The number of nitrogens with one attached hydrogen (secondary N) is 6. The minimum atomic E-state index is -1.33. The molecular formula is C47H48N6O8S. The molecule has 62 heavy (non-hydrogen) atoms. The SMILES string of the molecule is CC(=O)NC1CC(=O)NC(Cc2cccs2)C(=O)NC(Cc2ccc(-c3ccccc3)cc2)C(=O)NC(Cc2ccccc2)C(=O)NC(C(=O)O)CCc2ccc(cc2)NC1=O. The van der Waals surface area contributed by atoms with Crippen molar-refractivity contribution in [2.24, 2.45) is 0 Å². The van der Waals surface area contributed by atoms with Gasteiger partial charge in [0.05, 0.1) is 6.42 Å². The Balaban J connectivity index is 1.36. The maximum atomic E-state index is 14.5. The summed E-state index contributed by atoms with van der Waals surface area (Å²) in [6.45, 7) is 1.21. The summed E-state index contributed by atoms with van der Waals surface area (Å²) in [4.78, 5) is 95.5. The third kappa shape index (κ3) is 12.9. The number of aryl methyl sites for hydroxylation is 1. The van der Waals surface area contributed by atoms with Gasteiger partial charge in [0.15, 0.2) is 0 Å². The van der Waals surface area contributed by atoms with Crippen molar-refractivity contribution in [3.05, 3.63) is 148 Å². The van der Waals surface area contributed by atoms with Crippen LogP contribution >= 0.6 is 11.3 Å². The van der Waals surface area contributed by atoms with Crippen molar-refractivity contribution in [1.82, 2.24) is 26.6 Å². The normalized spacial score (nSPS) is 20.5. The number of amides is 6. The van der Waals surface area contributed by atoms with E-state index in [9.17, 15) is 38.7 Å². The van der Waals surface area contributed by atoms with Gasteiger partial charge in [-0.1, -0.05) is 103 Å². The Labute approximate surface area is 362 Å². The molecule has 2 bridgehead atoms. The van der Waals surface area contributed by atoms with Crippen molar-refractivity contribution in [2.75, 3.05) is 5.32 Å². The molecule has 0 saturated carbocycles. The van der Waals surface area contributed by atoms with Crippen LogP contribution in [0.25, 0.3) is 11.1 Å². The van der Waals surface area contributed by atoms with Crippen molar-refractivity contribution in [2.45, 2.75) is 75.7 Å². The maximum Gasteiger partial charge on any atom is 0.326 e. The molecule has 0 spiro atoms. The monoisotopic (exact) mass is 856 g/mol. The van der Waals surface area contributed by atoms with E-state index in [4.69, 9.17) is 0 Å². The highest BCUT2D eigenvalue weighted by Gasteiger charge is 2.33. The molecule has 0 saturated heterocycles. The number of aliphatic carboxylic acids is 1. The highest BCUT2D eigenvalue weighted by atomic mass is 32.1. The lowest BCUT2D eigenvalue weighted by atomic mass is 9.99. The van der Waals surface area contributed by atoms with Crippen LogP contribution in [-0.2, 0) is 59.2 Å². The van der Waals surface area contributed by atoms with E-state index in [1.165, 1.54) is 18.3 Å². The van der Waals surface area contributed by atoms with E-state index in [0.717, 1.165) is 16.0 Å². The zero-order valence-electron chi connectivity index (χ0n) is 34.0. The van der Waals surface area contributed by atoms with Crippen LogP contribution < -0.4 is 31.9 Å². The summed E-state index contributed by atoms with van der Waals surface area (Å²) in [6, 6.07) is 29.8. The van der Waals surface area contributed by atoms with Crippen molar-refractivity contribution in [1.29, 1.82) is 0 Å². The van der Waals surface area contributed by atoms with E-state index < -0.39 is 78.0 Å². The number of anilines is 1. The van der Waals surface area contributed by atoms with Gasteiger partial charge in [-0.05, 0) is 64.2 Å². The summed E-state index contributed by atoms with van der Waals surface area (Å²) in [5.41, 5.74) is 4.36.